The van der Waals surface area contributed by atoms with Crippen LogP contribution in [0.5, 0.6) is 0 Å². The van der Waals surface area contributed by atoms with Crippen molar-refractivity contribution in [2.24, 2.45) is 16.3 Å². The van der Waals surface area contributed by atoms with E-state index in [1.165, 1.54) is 0 Å². The summed E-state index contributed by atoms with van der Waals surface area (Å²) < 4.78 is 0. The van der Waals surface area contributed by atoms with Crippen LogP contribution >= 0.6 is 0 Å². The molecule has 1 atom stereocenters. The van der Waals surface area contributed by atoms with Gasteiger partial charge in [-0.1, -0.05) is 52.0 Å². The summed E-state index contributed by atoms with van der Waals surface area (Å²) in [6, 6.07) is 6.85. The van der Waals surface area contributed by atoms with E-state index in [1.54, 1.807) is 0 Å². The normalized spacial score (nSPS) is 22.0. The van der Waals surface area contributed by atoms with Gasteiger partial charge in [-0.2, -0.15) is 0 Å². The molecule has 0 unspecified atom stereocenters. The van der Waals surface area contributed by atoms with Crippen molar-refractivity contribution in [3.8, 4) is 0 Å². The SMILES string of the molecule is CC(C)[C@H](N=C1C(=O)C2=C(CC(C)(C)CC2)c2ccccc21)C(=O)O. The fourth-order valence-electron chi connectivity index (χ4n) is 3.77. The number of rotatable bonds is 3. The van der Waals surface area contributed by atoms with Crippen LogP contribution in [0.4, 0.5) is 0 Å². The molecule has 0 aromatic heterocycles. The number of nitrogens with zero attached hydrogens (tertiary/aromatic N) is 1. The summed E-state index contributed by atoms with van der Waals surface area (Å²) >= 11 is 0. The summed E-state index contributed by atoms with van der Waals surface area (Å²) in [7, 11) is 0. The maximum absolute atomic E-state index is 13.1. The Morgan fingerprint density at radius 3 is 2.40 bits per heavy atom. The molecule has 0 amide bonds. The number of hydrogen-bond acceptors (Lipinski definition) is 3. The Hall–Kier alpha value is -2.23. The molecule has 25 heavy (non-hydrogen) atoms. The Labute approximate surface area is 148 Å². The highest BCUT2D eigenvalue weighted by Crippen LogP contribution is 2.46. The highest BCUT2D eigenvalue weighted by molar-refractivity contribution is 6.54. The molecule has 1 aromatic rings. The van der Waals surface area contributed by atoms with E-state index in [0.29, 0.717) is 5.71 Å². The van der Waals surface area contributed by atoms with Gasteiger partial charge in [-0.05, 0) is 41.7 Å². The molecule has 0 bridgehead atoms. The molecule has 4 heteroatoms. The second-order valence-corrected chi connectivity index (χ2v) is 8.18. The quantitative estimate of drug-likeness (QED) is 0.900. The van der Waals surface area contributed by atoms with E-state index < -0.39 is 12.0 Å². The Kier molecular flexibility index (Phi) is 4.40. The number of ketones is 1. The van der Waals surface area contributed by atoms with Crippen LogP contribution in [0, 0.1) is 11.3 Å². The maximum Gasteiger partial charge on any atom is 0.328 e. The molecule has 2 aliphatic rings. The van der Waals surface area contributed by atoms with Crippen LogP contribution in [0.3, 0.4) is 0 Å². The molecular formula is C21H25NO3. The average molecular weight is 339 g/mol. The minimum absolute atomic E-state index is 0.0869. The molecule has 0 radical (unpaired) electrons. The lowest BCUT2D eigenvalue weighted by molar-refractivity contribution is -0.139. The smallest absolute Gasteiger partial charge is 0.328 e. The van der Waals surface area contributed by atoms with Crippen LogP contribution in [0.15, 0.2) is 34.8 Å². The summed E-state index contributed by atoms with van der Waals surface area (Å²) in [6.07, 6.45) is 2.55. The van der Waals surface area contributed by atoms with Gasteiger partial charge in [0.2, 0.25) is 5.78 Å². The van der Waals surface area contributed by atoms with Gasteiger partial charge in [0, 0.05) is 11.1 Å². The Morgan fingerprint density at radius 2 is 1.80 bits per heavy atom. The molecular weight excluding hydrogens is 314 g/mol. The van der Waals surface area contributed by atoms with E-state index >= 15 is 0 Å². The van der Waals surface area contributed by atoms with Gasteiger partial charge in [0.25, 0.3) is 0 Å². The summed E-state index contributed by atoms with van der Waals surface area (Å²) in [6.45, 7) is 8.09. The van der Waals surface area contributed by atoms with Crippen LogP contribution in [0.2, 0.25) is 0 Å². The van der Waals surface area contributed by atoms with E-state index in [9.17, 15) is 14.7 Å². The number of aliphatic carboxylic acids is 1. The lowest BCUT2D eigenvalue weighted by Crippen LogP contribution is -2.33. The van der Waals surface area contributed by atoms with E-state index in [-0.39, 0.29) is 17.1 Å². The number of carboxylic acids is 1. The van der Waals surface area contributed by atoms with Crippen molar-refractivity contribution >= 4 is 23.0 Å². The van der Waals surface area contributed by atoms with Gasteiger partial charge in [0.05, 0.1) is 0 Å². The Balaban J connectivity index is 2.17. The molecule has 4 nitrogen and oxygen atoms in total. The third-order valence-corrected chi connectivity index (χ3v) is 5.22. The van der Waals surface area contributed by atoms with Crippen molar-refractivity contribution < 1.29 is 14.7 Å². The first-order valence-electron chi connectivity index (χ1n) is 8.88. The third kappa shape index (κ3) is 3.17. The van der Waals surface area contributed by atoms with E-state index in [1.807, 2.05) is 38.1 Å². The summed E-state index contributed by atoms with van der Waals surface area (Å²) in [5.74, 6) is -1.25. The number of carbonyl (C=O) groups is 2. The highest BCUT2D eigenvalue weighted by Gasteiger charge is 2.37. The molecule has 0 fully saturated rings. The number of carbonyl (C=O) groups excluding carboxylic acids is 1. The number of fused-ring (bicyclic) bond motifs is 2. The highest BCUT2D eigenvalue weighted by atomic mass is 16.4. The molecule has 0 heterocycles. The van der Waals surface area contributed by atoms with Crippen molar-refractivity contribution in [3.05, 3.63) is 41.0 Å². The van der Waals surface area contributed by atoms with Gasteiger partial charge in [-0.15, -0.1) is 0 Å². The van der Waals surface area contributed by atoms with Crippen LogP contribution in [0.1, 0.15) is 58.1 Å². The predicted molar refractivity (Wildman–Crippen MR) is 98.8 cm³/mol. The first-order valence-corrected chi connectivity index (χ1v) is 8.88. The number of Topliss-reactive ketones (excluding diaryl/α,β-unsaturated/α-hetero) is 1. The van der Waals surface area contributed by atoms with Crippen molar-refractivity contribution in [3.63, 3.8) is 0 Å². The molecule has 3 rings (SSSR count). The molecule has 1 aromatic carbocycles. The molecule has 0 aliphatic heterocycles. The molecule has 0 spiro atoms. The van der Waals surface area contributed by atoms with Gasteiger partial charge in [0.1, 0.15) is 5.71 Å². The summed E-state index contributed by atoms with van der Waals surface area (Å²) in [5.41, 5.74) is 4.24. The lowest BCUT2D eigenvalue weighted by atomic mass is 9.68. The van der Waals surface area contributed by atoms with Crippen molar-refractivity contribution in [2.75, 3.05) is 0 Å². The predicted octanol–water partition coefficient (Wildman–Crippen LogP) is 4.13. The first-order chi connectivity index (χ1) is 11.7. The van der Waals surface area contributed by atoms with E-state index in [4.69, 9.17) is 0 Å². The monoisotopic (exact) mass is 339 g/mol. The maximum atomic E-state index is 13.1. The Morgan fingerprint density at radius 1 is 1.16 bits per heavy atom. The molecule has 0 saturated carbocycles. The zero-order valence-electron chi connectivity index (χ0n) is 15.3. The van der Waals surface area contributed by atoms with Crippen LogP contribution in [-0.4, -0.2) is 28.6 Å². The minimum Gasteiger partial charge on any atom is -0.480 e. The minimum atomic E-state index is -0.989. The van der Waals surface area contributed by atoms with Gasteiger partial charge >= 0.3 is 5.97 Å². The van der Waals surface area contributed by atoms with Crippen molar-refractivity contribution in [1.29, 1.82) is 0 Å². The van der Waals surface area contributed by atoms with Gasteiger partial charge < -0.3 is 5.11 Å². The number of allylic oxidation sites excluding steroid dienone is 2. The summed E-state index contributed by atoms with van der Waals surface area (Å²) in [5, 5.41) is 9.48. The van der Waals surface area contributed by atoms with Crippen molar-refractivity contribution in [2.45, 2.75) is 53.0 Å². The second-order valence-electron chi connectivity index (χ2n) is 8.18. The van der Waals surface area contributed by atoms with Gasteiger partial charge in [-0.25, -0.2) is 4.79 Å². The fraction of sp³-hybridized carbons (Fsp3) is 0.476. The number of carboxylic acid groups (broad SMARTS) is 1. The second kappa shape index (κ2) is 6.25. The standard InChI is InChI=1S/C21H25NO3/c1-12(2)17(20(24)25)22-18-14-8-6-5-7-13(14)16-11-21(3,4)10-9-15(16)19(18)23/h5-8,12,17H,9-11H2,1-4H3,(H,24,25)/t17-/m0/s1. The van der Waals surface area contributed by atoms with Gasteiger partial charge in [0.15, 0.2) is 6.04 Å². The topological polar surface area (TPSA) is 66.7 Å². The van der Waals surface area contributed by atoms with E-state index in [2.05, 4.69) is 18.8 Å². The van der Waals surface area contributed by atoms with E-state index in [0.717, 1.165) is 41.5 Å². The van der Waals surface area contributed by atoms with Crippen molar-refractivity contribution in [1.82, 2.24) is 0 Å². The molecule has 2 aliphatic carbocycles. The largest absolute Gasteiger partial charge is 0.480 e. The van der Waals surface area contributed by atoms with Gasteiger partial charge in [-0.3, -0.25) is 9.79 Å². The molecule has 132 valence electrons. The number of aliphatic imine (C=N–C) groups is 1. The lowest BCUT2D eigenvalue weighted by Gasteiger charge is -2.36. The summed E-state index contributed by atoms with van der Waals surface area (Å²) in [4.78, 5) is 29.1. The molecule has 1 N–H and O–H groups in total. The first kappa shape index (κ1) is 17.6. The molecule has 0 saturated heterocycles. The third-order valence-electron chi connectivity index (χ3n) is 5.22. The number of benzene rings is 1. The number of hydrogen-bond donors (Lipinski definition) is 1. The van der Waals surface area contributed by atoms with Crippen LogP contribution < -0.4 is 0 Å². The zero-order valence-corrected chi connectivity index (χ0v) is 15.3. The average Bonchev–Trinajstić information content (AvgIpc) is 2.53. The fourth-order valence-corrected chi connectivity index (χ4v) is 3.77. The van der Waals surface area contributed by atoms with Crippen LogP contribution in [0.25, 0.3) is 5.57 Å². The Bertz CT molecular complexity index is 799. The van der Waals surface area contributed by atoms with Crippen LogP contribution in [-0.2, 0) is 9.59 Å². The zero-order chi connectivity index (χ0) is 18.4.